The summed E-state index contributed by atoms with van der Waals surface area (Å²) in [6.45, 7) is 0. The van der Waals surface area contributed by atoms with Gasteiger partial charge in [-0.2, -0.15) is 0 Å². The van der Waals surface area contributed by atoms with Crippen molar-refractivity contribution in [3.8, 4) is 0 Å². The van der Waals surface area contributed by atoms with Gasteiger partial charge >= 0.3 is 11.9 Å². The van der Waals surface area contributed by atoms with Gasteiger partial charge < -0.3 is 19.3 Å². The van der Waals surface area contributed by atoms with Crippen LogP contribution in [0.2, 0.25) is 0 Å². The first-order valence-electron chi connectivity index (χ1n) is 10.4. The Bertz CT molecular complexity index is 372. The molecule has 0 fully saturated rings. The lowest BCUT2D eigenvalue weighted by atomic mass is 9.99. The molecule has 0 unspecified atom stereocenters. The van der Waals surface area contributed by atoms with Gasteiger partial charge in [-0.3, -0.25) is 9.59 Å². The first-order chi connectivity index (χ1) is 13.0. The predicted molar refractivity (Wildman–Crippen MR) is 105 cm³/mol. The van der Waals surface area contributed by atoms with Crippen molar-refractivity contribution in [2.45, 2.75) is 102 Å². The maximum Gasteiger partial charge on any atom is 0.305 e. The van der Waals surface area contributed by atoms with Crippen molar-refractivity contribution >= 4 is 11.9 Å². The number of carbonyl (C=O) groups excluding carboxylic acids is 2. The minimum atomic E-state index is -0.413. The third-order valence-corrected chi connectivity index (χ3v) is 4.94. The van der Waals surface area contributed by atoms with Crippen LogP contribution < -0.4 is 0 Å². The molecule has 0 spiro atoms. The van der Waals surface area contributed by atoms with Crippen LogP contribution in [0.15, 0.2) is 0 Å². The van der Waals surface area contributed by atoms with E-state index >= 15 is 0 Å². The highest BCUT2D eigenvalue weighted by Crippen LogP contribution is 2.17. The van der Waals surface area contributed by atoms with E-state index in [0.29, 0.717) is 12.8 Å². The Morgan fingerprint density at radius 2 is 1.07 bits per heavy atom. The number of rotatable bonds is 18. The van der Waals surface area contributed by atoms with E-state index in [0.717, 1.165) is 77.0 Å². The first kappa shape index (κ1) is 25.9. The maximum absolute atomic E-state index is 11.0. The maximum atomic E-state index is 11.0. The fourth-order valence-corrected chi connectivity index (χ4v) is 3.16. The van der Waals surface area contributed by atoms with Crippen LogP contribution in [-0.2, 0) is 23.8 Å². The molecule has 0 aliphatic carbocycles. The van der Waals surface area contributed by atoms with Crippen molar-refractivity contribution in [1.82, 2.24) is 0 Å². The van der Waals surface area contributed by atoms with Gasteiger partial charge in [0.1, 0.15) is 0 Å². The van der Waals surface area contributed by atoms with Crippen LogP contribution in [0.1, 0.15) is 89.9 Å². The van der Waals surface area contributed by atoms with Crippen molar-refractivity contribution in [2.75, 3.05) is 21.3 Å². The van der Waals surface area contributed by atoms with Crippen molar-refractivity contribution < 1.29 is 28.9 Å². The molecule has 0 aromatic carbocycles. The monoisotopic (exact) mass is 388 g/mol. The Labute approximate surface area is 164 Å². The van der Waals surface area contributed by atoms with Gasteiger partial charge in [0.15, 0.2) is 0 Å². The van der Waals surface area contributed by atoms with E-state index in [9.17, 15) is 14.7 Å². The number of hydrogen-bond donors (Lipinski definition) is 1. The molecule has 0 saturated carbocycles. The number of aliphatic hydroxyl groups excluding tert-OH is 1. The van der Waals surface area contributed by atoms with Gasteiger partial charge in [0.05, 0.1) is 26.4 Å². The third-order valence-electron chi connectivity index (χ3n) is 4.94. The molecule has 0 radical (unpaired) electrons. The molecular formula is C21H40O6. The van der Waals surface area contributed by atoms with Gasteiger partial charge in [-0.25, -0.2) is 0 Å². The molecule has 0 aromatic heterocycles. The molecule has 0 amide bonds. The molecule has 160 valence electrons. The molecular weight excluding hydrogens is 348 g/mol. The second-order valence-electron chi connectivity index (χ2n) is 7.11. The summed E-state index contributed by atoms with van der Waals surface area (Å²) >= 11 is 0. The van der Waals surface area contributed by atoms with Gasteiger partial charge in [0.25, 0.3) is 0 Å². The van der Waals surface area contributed by atoms with E-state index in [4.69, 9.17) is 4.74 Å². The topological polar surface area (TPSA) is 82.1 Å². The third kappa shape index (κ3) is 15.6. The summed E-state index contributed by atoms with van der Waals surface area (Å²) in [5.74, 6) is -0.280. The number of ether oxygens (including phenoxy) is 3. The highest BCUT2D eigenvalue weighted by molar-refractivity contribution is 5.69. The molecule has 1 N–H and O–H groups in total. The van der Waals surface area contributed by atoms with Crippen LogP contribution in [0.4, 0.5) is 0 Å². The number of esters is 2. The predicted octanol–water partition coefficient (Wildman–Crippen LogP) is 4.17. The molecule has 0 saturated heterocycles. The fraction of sp³-hybridized carbons (Fsp3) is 0.905. The second kappa shape index (κ2) is 18.2. The lowest BCUT2D eigenvalue weighted by Crippen LogP contribution is -2.27. The Morgan fingerprint density at radius 3 is 1.52 bits per heavy atom. The zero-order valence-electron chi connectivity index (χ0n) is 17.5. The summed E-state index contributed by atoms with van der Waals surface area (Å²) < 4.78 is 14.7. The number of unbranched alkanes of at least 4 members (excludes halogenated alkanes) is 8. The van der Waals surface area contributed by atoms with Crippen LogP contribution in [0.5, 0.6) is 0 Å². The quantitative estimate of drug-likeness (QED) is 0.280. The fourth-order valence-electron chi connectivity index (χ4n) is 3.16. The van der Waals surface area contributed by atoms with E-state index in [-0.39, 0.29) is 18.0 Å². The van der Waals surface area contributed by atoms with Crippen LogP contribution in [0.25, 0.3) is 0 Å². The molecule has 0 rings (SSSR count). The zero-order valence-corrected chi connectivity index (χ0v) is 17.5. The number of methoxy groups -OCH3 is 3. The smallest absolute Gasteiger partial charge is 0.305 e. The minimum Gasteiger partial charge on any atom is -0.469 e. The molecule has 0 aromatic rings. The molecule has 6 nitrogen and oxygen atoms in total. The van der Waals surface area contributed by atoms with Crippen molar-refractivity contribution in [1.29, 1.82) is 0 Å². The van der Waals surface area contributed by atoms with Gasteiger partial charge in [-0.05, 0) is 25.7 Å². The van der Waals surface area contributed by atoms with Crippen LogP contribution in [-0.4, -0.2) is 50.6 Å². The Balaban J connectivity index is 3.60. The Kier molecular flexibility index (Phi) is 17.5. The first-order valence-corrected chi connectivity index (χ1v) is 10.4. The average molecular weight is 389 g/mol. The van der Waals surface area contributed by atoms with Crippen LogP contribution >= 0.6 is 0 Å². The van der Waals surface area contributed by atoms with Crippen LogP contribution in [0.3, 0.4) is 0 Å². The lowest BCUT2D eigenvalue weighted by Gasteiger charge is -2.21. The Morgan fingerprint density at radius 1 is 0.667 bits per heavy atom. The highest BCUT2D eigenvalue weighted by Gasteiger charge is 2.17. The zero-order chi connectivity index (χ0) is 20.3. The molecule has 0 bridgehead atoms. The highest BCUT2D eigenvalue weighted by atomic mass is 16.5. The number of aliphatic hydroxyl groups is 1. The second-order valence-corrected chi connectivity index (χ2v) is 7.11. The molecule has 0 heterocycles. The normalized spacial score (nSPS) is 13.2. The number of hydrogen-bond acceptors (Lipinski definition) is 6. The molecule has 6 heteroatoms. The van der Waals surface area contributed by atoms with Gasteiger partial charge in [-0.15, -0.1) is 0 Å². The summed E-state index contributed by atoms with van der Waals surface area (Å²) in [7, 11) is 4.50. The number of carbonyl (C=O) groups is 2. The summed E-state index contributed by atoms with van der Waals surface area (Å²) in [6, 6.07) is 0. The van der Waals surface area contributed by atoms with E-state index in [1.807, 2.05) is 0 Å². The largest absolute Gasteiger partial charge is 0.469 e. The Hall–Kier alpha value is -1.14. The van der Waals surface area contributed by atoms with Crippen LogP contribution in [0, 0.1) is 0 Å². The standard InChI is InChI=1S/C21H40O6/c1-25-19(15-11-7-5-9-13-17-21(24)27-3)18(22)14-10-6-4-8-12-16-20(23)26-2/h18-19,22H,4-17H2,1-3H3/t18-,19-/m1/s1. The summed E-state index contributed by atoms with van der Waals surface area (Å²) in [4.78, 5) is 22.0. The summed E-state index contributed by atoms with van der Waals surface area (Å²) in [6.07, 6.45) is 12.2. The minimum absolute atomic E-state index is 0.0978. The van der Waals surface area contributed by atoms with Crippen molar-refractivity contribution in [3.63, 3.8) is 0 Å². The van der Waals surface area contributed by atoms with E-state index < -0.39 is 6.10 Å². The lowest BCUT2D eigenvalue weighted by molar-refractivity contribution is -0.141. The van der Waals surface area contributed by atoms with Crippen molar-refractivity contribution in [2.24, 2.45) is 0 Å². The van der Waals surface area contributed by atoms with Crippen molar-refractivity contribution in [3.05, 3.63) is 0 Å². The molecule has 0 aliphatic rings. The average Bonchev–Trinajstić information content (AvgIpc) is 2.68. The van der Waals surface area contributed by atoms with E-state index in [1.54, 1.807) is 7.11 Å². The van der Waals surface area contributed by atoms with Gasteiger partial charge in [0, 0.05) is 20.0 Å². The van der Waals surface area contributed by atoms with E-state index in [1.165, 1.54) is 14.2 Å². The van der Waals surface area contributed by atoms with Gasteiger partial charge in [-0.1, -0.05) is 51.4 Å². The van der Waals surface area contributed by atoms with E-state index in [2.05, 4.69) is 9.47 Å². The van der Waals surface area contributed by atoms with Gasteiger partial charge in [0.2, 0.25) is 0 Å². The SMILES string of the molecule is COC(=O)CCCCCCC[C@@H](O)[C@@H](CCCCCCCC(=O)OC)OC. The molecule has 2 atom stereocenters. The molecule has 27 heavy (non-hydrogen) atoms. The molecule has 0 aliphatic heterocycles. The summed E-state index contributed by atoms with van der Waals surface area (Å²) in [5.41, 5.74) is 0. The summed E-state index contributed by atoms with van der Waals surface area (Å²) in [5, 5.41) is 10.3.